The Morgan fingerprint density at radius 1 is 1.10 bits per heavy atom. The lowest BCUT2D eigenvalue weighted by Crippen LogP contribution is -2.34. The van der Waals surface area contributed by atoms with Crippen molar-refractivity contribution >= 4 is 21.8 Å². The first-order chi connectivity index (χ1) is 10.2. The molecule has 0 bridgehead atoms. The normalized spacial score (nSPS) is 17.8. The number of hydrogen-bond acceptors (Lipinski definition) is 2. The Balaban J connectivity index is 1.92. The first-order valence-corrected chi connectivity index (χ1v) is 7.54. The molecule has 4 heteroatoms. The molecule has 1 N–H and O–H groups in total. The summed E-state index contributed by atoms with van der Waals surface area (Å²) >= 11 is 0. The van der Waals surface area contributed by atoms with Crippen molar-refractivity contribution in [2.75, 3.05) is 20.1 Å². The van der Waals surface area contributed by atoms with E-state index >= 15 is 0 Å². The summed E-state index contributed by atoms with van der Waals surface area (Å²) in [5.74, 6) is 0. The number of nitrogens with one attached hydrogen (secondary N) is 1. The number of piperidine rings is 1. The summed E-state index contributed by atoms with van der Waals surface area (Å²) in [4.78, 5) is 17.9. The van der Waals surface area contributed by atoms with Crippen molar-refractivity contribution in [2.24, 2.45) is 0 Å². The number of benzene rings is 2. The molecule has 21 heavy (non-hydrogen) atoms. The summed E-state index contributed by atoms with van der Waals surface area (Å²) in [5, 5.41) is 2.29. The van der Waals surface area contributed by atoms with Crippen LogP contribution in [-0.2, 0) is 0 Å². The molecule has 0 unspecified atom stereocenters. The van der Waals surface area contributed by atoms with Crippen molar-refractivity contribution in [1.82, 2.24) is 14.5 Å². The average molecular weight is 281 g/mol. The number of hydrogen-bond donors (Lipinski definition) is 1. The smallest absolute Gasteiger partial charge is 0.306 e. The molecule has 1 fully saturated rings. The van der Waals surface area contributed by atoms with Gasteiger partial charge in [0.2, 0.25) is 0 Å². The van der Waals surface area contributed by atoms with Crippen LogP contribution in [0.25, 0.3) is 21.8 Å². The van der Waals surface area contributed by atoms with Crippen molar-refractivity contribution < 1.29 is 0 Å². The van der Waals surface area contributed by atoms with Gasteiger partial charge in [0.25, 0.3) is 0 Å². The standard InChI is InChI=1S/C17H19N3O/c1-19-10-8-13(9-11-19)20-15-7-6-12-4-2-3-5-14(12)16(15)18-17(20)21/h2-7,13H,8-11H2,1H3,(H,18,21). The fourth-order valence-electron chi connectivity index (χ4n) is 3.48. The Hall–Kier alpha value is -2.07. The van der Waals surface area contributed by atoms with Gasteiger partial charge < -0.3 is 9.88 Å². The van der Waals surface area contributed by atoms with Gasteiger partial charge in [-0.2, -0.15) is 0 Å². The van der Waals surface area contributed by atoms with E-state index in [2.05, 4.69) is 41.2 Å². The molecule has 0 spiro atoms. The number of H-pyrrole nitrogens is 1. The Bertz CT molecular complexity index is 853. The van der Waals surface area contributed by atoms with Crippen LogP contribution < -0.4 is 5.69 Å². The summed E-state index contributed by atoms with van der Waals surface area (Å²) in [6, 6.07) is 12.7. The highest BCUT2D eigenvalue weighted by atomic mass is 16.1. The summed E-state index contributed by atoms with van der Waals surface area (Å²) in [6.07, 6.45) is 2.08. The number of fused-ring (bicyclic) bond motifs is 3. The maximum Gasteiger partial charge on any atom is 0.326 e. The van der Waals surface area contributed by atoms with Gasteiger partial charge >= 0.3 is 5.69 Å². The van der Waals surface area contributed by atoms with Crippen molar-refractivity contribution in [3.8, 4) is 0 Å². The lowest BCUT2D eigenvalue weighted by Gasteiger charge is -2.29. The van der Waals surface area contributed by atoms with Gasteiger partial charge in [-0.25, -0.2) is 4.79 Å². The van der Waals surface area contributed by atoms with Crippen molar-refractivity contribution in [3.63, 3.8) is 0 Å². The second-order valence-corrected chi connectivity index (χ2v) is 6.02. The van der Waals surface area contributed by atoms with Crippen LogP contribution in [0.1, 0.15) is 18.9 Å². The molecular weight excluding hydrogens is 262 g/mol. The summed E-state index contributed by atoms with van der Waals surface area (Å²) < 4.78 is 1.97. The number of rotatable bonds is 1. The van der Waals surface area contributed by atoms with E-state index < -0.39 is 0 Å². The van der Waals surface area contributed by atoms with Gasteiger partial charge in [-0.05, 0) is 44.4 Å². The Kier molecular flexibility index (Phi) is 2.86. The fourth-order valence-corrected chi connectivity index (χ4v) is 3.48. The highest BCUT2D eigenvalue weighted by molar-refractivity contribution is 6.04. The van der Waals surface area contributed by atoms with Crippen LogP contribution in [0.15, 0.2) is 41.2 Å². The van der Waals surface area contributed by atoms with Crippen LogP contribution >= 0.6 is 0 Å². The molecule has 0 radical (unpaired) electrons. The van der Waals surface area contributed by atoms with Crippen LogP contribution in [-0.4, -0.2) is 34.6 Å². The lowest BCUT2D eigenvalue weighted by molar-refractivity contribution is 0.221. The summed E-state index contributed by atoms with van der Waals surface area (Å²) in [5.41, 5.74) is 2.03. The Morgan fingerprint density at radius 3 is 2.67 bits per heavy atom. The molecule has 1 saturated heterocycles. The zero-order chi connectivity index (χ0) is 14.4. The predicted molar refractivity (Wildman–Crippen MR) is 85.8 cm³/mol. The highest BCUT2D eigenvalue weighted by Crippen LogP contribution is 2.28. The monoisotopic (exact) mass is 281 g/mol. The molecular formula is C17H19N3O. The molecule has 0 atom stereocenters. The molecule has 2 heterocycles. The molecule has 2 aromatic carbocycles. The quantitative estimate of drug-likeness (QED) is 0.745. The topological polar surface area (TPSA) is 41.0 Å². The third kappa shape index (κ3) is 1.98. The van der Waals surface area contributed by atoms with Crippen molar-refractivity contribution in [2.45, 2.75) is 18.9 Å². The van der Waals surface area contributed by atoms with Crippen LogP contribution in [0.2, 0.25) is 0 Å². The minimum Gasteiger partial charge on any atom is -0.306 e. The van der Waals surface area contributed by atoms with Gasteiger partial charge in [-0.15, -0.1) is 0 Å². The molecule has 108 valence electrons. The predicted octanol–water partition coefficient (Wildman–Crippen LogP) is 2.75. The molecule has 1 aliphatic heterocycles. The summed E-state index contributed by atoms with van der Waals surface area (Å²) in [6.45, 7) is 2.11. The maximum absolute atomic E-state index is 12.5. The molecule has 0 saturated carbocycles. The highest BCUT2D eigenvalue weighted by Gasteiger charge is 2.22. The largest absolute Gasteiger partial charge is 0.326 e. The van der Waals surface area contributed by atoms with Crippen LogP contribution in [0.5, 0.6) is 0 Å². The summed E-state index contributed by atoms with van der Waals surface area (Å²) in [7, 11) is 2.14. The van der Waals surface area contributed by atoms with E-state index in [4.69, 9.17) is 0 Å². The Morgan fingerprint density at radius 2 is 1.86 bits per heavy atom. The van der Waals surface area contributed by atoms with Gasteiger partial charge in [-0.1, -0.05) is 30.3 Å². The number of nitrogens with zero attached hydrogens (tertiary/aromatic N) is 2. The van der Waals surface area contributed by atoms with E-state index in [0.717, 1.165) is 42.4 Å². The van der Waals surface area contributed by atoms with Gasteiger partial charge in [0.05, 0.1) is 11.0 Å². The van der Waals surface area contributed by atoms with E-state index in [1.54, 1.807) is 0 Å². The number of imidazole rings is 1. The first-order valence-electron chi connectivity index (χ1n) is 7.54. The molecule has 0 amide bonds. The van der Waals surface area contributed by atoms with Crippen LogP contribution in [0, 0.1) is 0 Å². The lowest BCUT2D eigenvalue weighted by atomic mass is 10.0. The molecule has 3 aromatic rings. The van der Waals surface area contributed by atoms with Crippen molar-refractivity contribution in [3.05, 3.63) is 46.9 Å². The van der Waals surface area contributed by atoms with Gasteiger partial charge in [0, 0.05) is 11.4 Å². The molecule has 0 aliphatic carbocycles. The zero-order valence-corrected chi connectivity index (χ0v) is 12.2. The minimum atomic E-state index is 0.0240. The fraction of sp³-hybridized carbons (Fsp3) is 0.353. The SMILES string of the molecule is CN1CCC(n2c(=O)[nH]c3c4ccccc4ccc32)CC1. The van der Waals surface area contributed by atoms with Crippen LogP contribution in [0.4, 0.5) is 0 Å². The Labute approximate surface area is 123 Å². The minimum absolute atomic E-state index is 0.0240. The van der Waals surface area contributed by atoms with Crippen LogP contribution in [0.3, 0.4) is 0 Å². The second kappa shape index (κ2) is 4.74. The van der Waals surface area contributed by atoms with Gasteiger partial charge in [-0.3, -0.25) is 4.57 Å². The van der Waals surface area contributed by atoms with Gasteiger partial charge in [0.15, 0.2) is 0 Å². The second-order valence-electron chi connectivity index (χ2n) is 6.02. The zero-order valence-electron chi connectivity index (χ0n) is 12.2. The van der Waals surface area contributed by atoms with E-state index in [1.165, 1.54) is 5.39 Å². The molecule has 1 aliphatic rings. The molecule has 4 nitrogen and oxygen atoms in total. The number of likely N-dealkylation sites (tertiary alicyclic amines) is 1. The third-order valence-corrected chi connectivity index (χ3v) is 4.67. The van der Waals surface area contributed by atoms with Crippen molar-refractivity contribution in [1.29, 1.82) is 0 Å². The van der Waals surface area contributed by atoms with E-state index in [-0.39, 0.29) is 5.69 Å². The van der Waals surface area contributed by atoms with Gasteiger partial charge in [0.1, 0.15) is 0 Å². The average Bonchev–Trinajstić information content (AvgIpc) is 2.85. The van der Waals surface area contributed by atoms with E-state index in [9.17, 15) is 4.79 Å². The van der Waals surface area contributed by atoms with E-state index in [0.29, 0.717) is 6.04 Å². The number of aromatic amines is 1. The van der Waals surface area contributed by atoms with E-state index in [1.807, 2.05) is 16.7 Å². The first kappa shape index (κ1) is 12.7. The number of aromatic nitrogens is 2. The molecule has 4 rings (SSSR count). The maximum atomic E-state index is 12.5. The third-order valence-electron chi connectivity index (χ3n) is 4.67. The molecule has 1 aromatic heterocycles.